The third-order valence-corrected chi connectivity index (χ3v) is 6.33. The van der Waals surface area contributed by atoms with E-state index >= 15 is 0 Å². The molecule has 0 spiro atoms. The van der Waals surface area contributed by atoms with Gasteiger partial charge in [0.1, 0.15) is 18.7 Å². The second-order valence-corrected chi connectivity index (χ2v) is 9.04. The highest BCUT2D eigenvalue weighted by atomic mass is 32.2. The molecule has 0 atom stereocenters. The first-order chi connectivity index (χ1) is 17.6. The van der Waals surface area contributed by atoms with Gasteiger partial charge in [0.05, 0.1) is 24.6 Å². The molecule has 2 aromatic heterocycles. The van der Waals surface area contributed by atoms with Crippen molar-refractivity contribution in [2.24, 2.45) is 0 Å². The predicted molar refractivity (Wildman–Crippen MR) is 142 cm³/mol. The summed E-state index contributed by atoms with van der Waals surface area (Å²) < 4.78 is 16.1. The lowest BCUT2D eigenvalue weighted by Crippen LogP contribution is -2.36. The summed E-state index contributed by atoms with van der Waals surface area (Å²) in [6.07, 6.45) is 3.56. The molecule has 1 aromatic carbocycles. The average molecular weight is 510 g/mol. The molecule has 0 saturated carbocycles. The number of aryl methyl sites for hydroxylation is 1. The molecule has 1 saturated heterocycles. The van der Waals surface area contributed by atoms with Gasteiger partial charge >= 0.3 is 6.09 Å². The van der Waals surface area contributed by atoms with E-state index in [4.69, 9.17) is 18.9 Å². The van der Waals surface area contributed by atoms with Crippen molar-refractivity contribution in [3.8, 4) is 0 Å². The lowest BCUT2D eigenvalue weighted by Gasteiger charge is -2.29. The van der Waals surface area contributed by atoms with Crippen LogP contribution < -0.4 is 15.5 Å². The minimum Gasteiger partial charge on any atom is -0.445 e. The number of oxazole rings is 1. The number of carbonyl (C=O) groups excluding carboxylic acids is 1. The van der Waals surface area contributed by atoms with Crippen molar-refractivity contribution in [2.45, 2.75) is 30.9 Å². The predicted octanol–water partition coefficient (Wildman–Crippen LogP) is 5.11. The number of hydrogen-bond acceptors (Lipinski definition) is 9. The van der Waals surface area contributed by atoms with Crippen LogP contribution in [0.1, 0.15) is 23.9 Å². The van der Waals surface area contributed by atoms with Gasteiger partial charge in [0.25, 0.3) is 5.22 Å². The van der Waals surface area contributed by atoms with Gasteiger partial charge in [-0.15, -0.1) is 0 Å². The van der Waals surface area contributed by atoms with E-state index in [0.29, 0.717) is 36.4 Å². The van der Waals surface area contributed by atoms with Gasteiger partial charge in [0, 0.05) is 42.8 Å². The van der Waals surface area contributed by atoms with Crippen LogP contribution in [0.15, 0.2) is 65.0 Å². The fourth-order valence-corrected chi connectivity index (χ4v) is 4.35. The van der Waals surface area contributed by atoms with Crippen molar-refractivity contribution in [1.82, 2.24) is 9.97 Å². The number of anilines is 3. The number of pyridine rings is 1. The zero-order valence-corrected chi connectivity index (χ0v) is 21.2. The summed E-state index contributed by atoms with van der Waals surface area (Å²) in [6, 6.07) is 11.8. The van der Waals surface area contributed by atoms with Crippen LogP contribution in [0.2, 0.25) is 0 Å². The van der Waals surface area contributed by atoms with Crippen LogP contribution in [0.4, 0.5) is 22.0 Å². The first kappa shape index (κ1) is 25.6. The number of benzene rings is 1. The molecule has 9 nitrogen and oxygen atoms in total. The molecule has 10 heteroatoms. The van der Waals surface area contributed by atoms with Crippen LogP contribution in [0.5, 0.6) is 0 Å². The molecule has 2 N–H and O–H groups in total. The number of aromatic nitrogens is 2. The van der Waals surface area contributed by atoms with Crippen LogP contribution >= 0.6 is 11.8 Å². The Hall–Kier alpha value is -3.50. The molecule has 1 fully saturated rings. The number of ether oxygens (including phenoxy) is 2. The van der Waals surface area contributed by atoms with Gasteiger partial charge in [-0.05, 0) is 30.2 Å². The van der Waals surface area contributed by atoms with E-state index in [9.17, 15) is 4.79 Å². The molecule has 1 aliphatic heterocycles. The largest absolute Gasteiger partial charge is 0.445 e. The molecule has 190 valence electrons. The Morgan fingerprint density at radius 2 is 2.08 bits per heavy atom. The summed E-state index contributed by atoms with van der Waals surface area (Å²) in [5.41, 5.74) is 4.64. The molecule has 4 rings (SSSR count). The first-order valence-corrected chi connectivity index (χ1v) is 12.9. The van der Waals surface area contributed by atoms with E-state index in [1.165, 1.54) is 17.8 Å². The molecule has 36 heavy (non-hydrogen) atoms. The molecule has 1 amide bonds. The molecule has 1 aliphatic rings. The van der Waals surface area contributed by atoms with Crippen LogP contribution in [0.25, 0.3) is 0 Å². The topological polar surface area (TPSA) is 102 Å². The summed E-state index contributed by atoms with van der Waals surface area (Å²) in [7, 11) is 0. The van der Waals surface area contributed by atoms with E-state index in [-0.39, 0.29) is 6.61 Å². The number of thioether (sulfide) groups is 1. The smallest absolute Gasteiger partial charge is 0.411 e. The van der Waals surface area contributed by atoms with Gasteiger partial charge in [0.2, 0.25) is 0 Å². The summed E-state index contributed by atoms with van der Waals surface area (Å²) in [4.78, 5) is 23.5. The number of carbonyl (C=O) groups is 1. The van der Waals surface area contributed by atoms with E-state index < -0.39 is 6.09 Å². The van der Waals surface area contributed by atoms with E-state index in [1.807, 2.05) is 24.3 Å². The fraction of sp³-hybridized carbons (Fsp3) is 0.346. The summed E-state index contributed by atoms with van der Waals surface area (Å²) >= 11 is 1.53. The Morgan fingerprint density at radius 1 is 1.22 bits per heavy atom. The van der Waals surface area contributed by atoms with Crippen molar-refractivity contribution >= 4 is 35.0 Å². The van der Waals surface area contributed by atoms with Crippen LogP contribution in [0, 0.1) is 0 Å². The van der Waals surface area contributed by atoms with Crippen LogP contribution in [-0.4, -0.2) is 49.0 Å². The highest BCUT2D eigenvalue weighted by Crippen LogP contribution is 2.27. The second kappa shape index (κ2) is 13.0. The highest BCUT2D eigenvalue weighted by Gasteiger charge is 2.15. The lowest BCUT2D eigenvalue weighted by molar-refractivity contribution is 0.122. The molecule has 3 aromatic rings. The van der Waals surface area contributed by atoms with Gasteiger partial charge in [-0.1, -0.05) is 43.5 Å². The molecule has 0 unspecified atom stereocenters. The summed E-state index contributed by atoms with van der Waals surface area (Å²) in [5.74, 6) is 1.42. The standard InChI is InChI=1S/C26H31N5O4S/c1-3-10-34-25(32)29-21-7-5-6-19(13-21)16-27-24-15-23(31-8-11-33-12-9-31)14-22(28-24)18-36-26-30-20(4-2)17-35-26/h3,5-7,13-15,17H,1,4,8-12,16,18H2,2H3,(H,27,28)(H,29,32). The number of nitrogens with one attached hydrogen (secondary N) is 2. The van der Waals surface area contributed by atoms with Gasteiger partial charge in [-0.2, -0.15) is 0 Å². The Labute approximate surface area is 215 Å². The quantitative estimate of drug-likeness (QED) is 0.270. The molecule has 0 bridgehead atoms. The zero-order valence-electron chi connectivity index (χ0n) is 20.4. The monoisotopic (exact) mass is 509 g/mol. The Bertz CT molecular complexity index is 1160. The minimum atomic E-state index is -0.515. The van der Waals surface area contributed by atoms with Gasteiger partial charge in [-0.3, -0.25) is 5.32 Å². The SMILES string of the molecule is C=CCOC(=O)Nc1cccc(CNc2cc(N3CCOCC3)cc(CSc3nc(CC)co3)n2)c1. The molecular weight excluding hydrogens is 478 g/mol. The molecule has 0 aliphatic carbocycles. The Balaban J connectivity index is 1.45. The van der Waals surface area contributed by atoms with Crippen molar-refractivity contribution in [3.05, 3.63) is 72.3 Å². The minimum absolute atomic E-state index is 0.161. The first-order valence-electron chi connectivity index (χ1n) is 11.9. The van der Waals surface area contributed by atoms with Gasteiger partial charge in [0.15, 0.2) is 0 Å². The maximum Gasteiger partial charge on any atom is 0.411 e. The van der Waals surface area contributed by atoms with Gasteiger partial charge in [-0.25, -0.2) is 14.8 Å². The van der Waals surface area contributed by atoms with E-state index in [2.05, 4.69) is 46.2 Å². The fourth-order valence-electron chi connectivity index (χ4n) is 3.63. The van der Waals surface area contributed by atoms with E-state index in [1.54, 1.807) is 6.26 Å². The van der Waals surface area contributed by atoms with Crippen molar-refractivity contribution < 1.29 is 18.7 Å². The average Bonchev–Trinajstić information content (AvgIpc) is 3.38. The second-order valence-electron chi connectivity index (χ2n) is 8.11. The lowest BCUT2D eigenvalue weighted by atomic mass is 10.2. The molecule has 3 heterocycles. The zero-order chi connectivity index (χ0) is 25.2. The van der Waals surface area contributed by atoms with Crippen LogP contribution in [-0.2, 0) is 28.2 Å². The Morgan fingerprint density at radius 3 is 2.86 bits per heavy atom. The molecular formula is C26H31N5O4S. The van der Waals surface area contributed by atoms with Crippen molar-refractivity contribution in [1.29, 1.82) is 0 Å². The van der Waals surface area contributed by atoms with Crippen molar-refractivity contribution in [3.63, 3.8) is 0 Å². The number of amides is 1. The summed E-state index contributed by atoms with van der Waals surface area (Å²) in [6.45, 7) is 9.40. The third kappa shape index (κ3) is 7.50. The van der Waals surface area contributed by atoms with Crippen LogP contribution in [0.3, 0.4) is 0 Å². The maximum absolute atomic E-state index is 11.8. The highest BCUT2D eigenvalue weighted by molar-refractivity contribution is 7.98. The number of morpholine rings is 1. The number of hydrogen-bond donors (Lipinski definition) is 2. The number of rotatable bonds is 11. The van der Waals surface area contributed by atoms with Gasteiger partial charge < -0.3 is 24.1 Å². The maximum atomic E-state index is 11.8. The number of nitrogens with zero attached hydrogens (tertiary/aromatic N) is 3. The molecule has 0 radical (unpaired) electrons. The Kier molecular flexibility index (Phi) is 9.23. The normalized spacial score (nSPS) is 13.3. The van der Waals surface area contributed by atoms with Crippen molar-refractivity contribution in [2.75, 3.05) is 48.4 Å². The summed E-state index contributed by atoms with van der Waals surface area (Å²) in [5, 5.41) is 6.81. The van der Waals surface area contributed by atoms with E-state index in [0.717, 1.165) is 48.0 Å². The third-order valence-electron chi connectivity index (χ3n) is 5.46.